The standard InChI is InChI=1S/C20H17Cl2NO4S2/c21-16-5-3-13(10-17(16)22)18-6-4-15(27-18)11-23(14-7-9-29(25,26)12-14)20(24)19-2-1-8-28-19/h1-6,8,10,14H,7,9,11-12H2/t14-/m0/s1. The molecule has 1 atom stereocenters. The summed E-state index contributed by atoms with van der Waals surface area (Å²) in [5.74, 6) is 1.05. The van der Waals surface area contributed by atoms with Crippen LogP contribution in [0.4, 0.5) is 0 Å². The Morgan fingerprint density at radius 2 is 2.00 bits per heavy atom. The van der Waals surface area contributed by atoms with Gasteiger partial charge in [0.1, 0.15) is 11.5 Å². The van der Waals surface area contributed by atoms with Crippen molar-refractivity contribution in [2.24, 2.45) is 0 Å². The van der Waals surface area contributed by atoms with Crippen molar-refractivity contribution in [3.05, 3.63) is 68.5 Å². The highest BCUT2D eigenvalue weighted by Crippen LogP contribution is 2.31. The van der Waals surface area contributed by atoms with E-state index in [2.05, 4.69) is 0 Å². The quantitative estimate of drug-likeness (QED) is 0.518. The van der Waals surface area contributed by atoms with Crippen LogP contribution in [0.3, 0.4) is 0 Å². The molecule has 1 fully saturated rings. The van der Waals surface area contributed by atoms with E-state index in [4.69, 9.17) is 27.6 Å². The lowest BCUT2D eigenvalue weighted by atomic mass is 10.2. The van der Waals surface area contributed by atoms with E-state index in [0.29, 0.717) is 32.9 Å². The van der Waals surface area contributed by atoms with E-state index in [-0.39, 0.29) is 30.0 Å². The predicted molar refractivity (Wildman–Crippen MR) is 115 cm³/mol. The molecular formula is C20H17Cl2NO4S2. The van der Waals surface area contributed by atoms with Gasteiger partial charge in [0.25, 0.3) is 5.91 Å². The number of halogens is 2. The fourth-order valence-electron chi connectivity index (χ4n) is 3.37. The molecule has 3 heterocycles. The smallest absolute Gasteiger partial charge is 0.264 e. The Morgan fingerprint density at radius 1 is 1.17 bits per heavy atom. The van der Waals surface area contributed by atoms with Gasteiger partial charge in [0.05, 0.1) is 33.0 Å². The van der Waals surface area contributed by atoms with Crippen LogP contribution in [0.2, 0.25) is 10.0 Å². The minimum absolute atomic E-state index is 0.0233. The summed E-state index contributed by atoms with van der Waals surface area (Å²) in [6.45, 7) is 0.193. The third-order valence-corrected chi connectivity index (χ3v) is 8.18. The highest BCUT2D eigenvalue weighted by atomic mass is 35.5. The van der Waals surface area contributed by atoms with Crippen LogP contribution in [0.15, 0.2) is 52.3 Å². The summed E-state index contributed by atoms with van der Waals surface area (Å²) in [5, 5.41) is 2.71. The number of thiophene rings is 1. The van der Waals surface area contributed by atoms with Crippen molar-refractivity contribution in [2.45, 2.75) is 19.0 Å². The van der Waals surface area contributed by atoms with Crippen molar-refractivity contribution in [3.8, 4) is 11.3 Å². The predicted octanol–water partition coefficient (Wildman–Crippen LogP) is 5.14. The molecule has 1 saturated heterocycles. The first-order valence-corrected chi connectivity index (χ1v) is 12.4. The van der Waals surface area contributed by atoms with Crippen LogP contribution < -0.4 is 0 Å². The highest BCUT2D eigenvalue weighted by molar-refractivity contribution is 7.91. The average Bonchev–Trinajstić information content (AvgIpc) is 3.42. The molecule has 5 nitrogen and oxygen atoms in total. The third-order valence-electron chi connectivity index (χ3n) is 4.83. The van der Waals surface area contributed by atoms with Gasteiger partial charge in [-0.1, -0.05) is 29.3 Å². The summed E-state index contributed by atoms with van der Waals surface area (Å²) in [6, 6.07) is 12.0. The van der Waals surface area contributed by atoms with E-state index in [1.165, 1.54) is 11.3 Å². The zero-order valence-electron chi connectivity index (χ0n) is 15.2. The zero-order chi connectivity index (χ0) is 20.6. The summed E-state index contributed by atoms with van der Waals surface area (Å²) < 4.78 is 29.9. The lowest BCUT2D eigenvalue weighted by Crippen LogP contribution is -2.40. The number of amides is 1. The molecule has 0 unspecified atom stereocenters. The largest absolute Gasteiger partial charge is 0.459 e. The molecule has 1 aliphatic rings. The van der Waals surface area contributed by atoms with E-state index in [1.807, 2.05) is 5.38 Å². The number of carbonyl (C=O) groups is 1. The van der Waals surface area contributed by atoms with Gasteiger partial charge in [0.2, 0.25) is 0 Å². The fourth-order valence-corrected chi connectivity index (χ4v) is 6.07. The summed E-state index contributed by atoms with van der Waals surface area (Å²) in [7, 11) is -3.13. The Morgan fingerprint density at radius 3 is 2.66 bits per heavy atom. The molecule has 0 bridgehead atoms. The fraction of sp³-hybridized carbons (Fsp3) is 0.250. The molecule has 0 radical (unpaired) electrons. The van der Waals surface area contributed by atoms with E-state index >= 15 is 0 Å². The van der Waals surface area contributed by atoms with Gasteiger partial charge in [-0.05, 0) is 48.2 Å². The second-order valence-corrected chi connectivity index (χ2v) is 10.9. The minimum atomic E-state index is -3.13. The van der Waals surface area contributed by atoms with Crippen LogP contribution >= 0.6 is 34.5 Å². The molecule has 0 N–H and O–H groups in total. The average molecular weight is 470 g/mol. The molecule has 0 spiro atoms. The van der Waals surface area contributed by atoms with Gasteiger partial charge in [-0.15, -0.1) is 11.3 Å². The number of carbonyl (C=O) groups excluding carboxylic acids is 1. The Labute approximate surface area is 182 Å². The summed E-state index contributed by atoms with van der Waals surface area (Å²) in [6.07, 6.45) is 0.430. The van der Waals surface area contributed by atoms with E-state index in [1.54, 1.807) is 47.4 Å². The van der Waals surface area contributed by atoms with Gasteiger partial charge in [-0.2, -0.15) is 0 Å². The second kappa shape index (κ2) is 8.14. The van der Waals surface area contributed by atoms with Crippen molar-refractivity contribution >= 4 is 50.3 Å². The van der Waals surface area contributed by atoms with Crippen LogP contribution in [-0.2, 0) is 16.4 Å². The number of hydrogen-bond acceptors (Lipinski definition) is 5. The SMILES string of the molecule is O=C(c1cccs1)N(Cc1ccc(-c2ccc(Cl)c(Cl)c2)o1)[C@H]1CCS(=O)(=O)C1. The number of sulfone groups is 1. The van der Waals surface area contributed by atoms with Gasteiger partial charge in [-0.25, -0.2) is 8.42 Å². The first-order valence-electron chi connectivity index (χ1n) is 8.91. The molecule has 0 saturated carbocycles. The van der Waals surface area contributed by atoms with Crippen molar-refractivity contribution in [1.82, 2.24) is 4.90 Å². The van der Waals surface area contributed by atoms with E-state index in [0.717, 1.165) is 5.56 Å². The van der Waals surface area contributed by atoms with Crippen LogP contribution in [0.25, 0.3) is 11.3 Å². The van der Waals surface area contributed by atoms with Crippen molar-refractivity contribution in [2.75, 3.05) is 11.5 Å². The van der Waals surface area contributed by atoms with Crippen LogP contribution in [-0.4, -0.2) is 36.8 Å². The number of benzene rings is 1. The molecule has 152 valence electrons. The number of nitrogens with zero attached hydrogens (tertiary/aromatic N) is 1. The van der Waals surface area contributed by atoms with E-state index in [9.17, 15) is 13.2 Å². The highest BCUT2D eigenvalue weighted by Gasteiger charge is 2.35. The van der Waals surface area contributed by atoms with Gasteiger partial charge in [-0.3, -0.25) is 4.79 Å². The Kier molecular flexibility index (Phi) is 5.75. The molecule has 29 heavy (non-hydrogen) atoms. The summed E-state index contributed by atoms with van der Waals surface area (Å²) in [4.78, 5) is 15.2. The van der Waals surface area contributed by atoms with Gasteiger partial charge < -0.3 is 9.32 Å². The van der Waals surface area contributed by atoms with Crippen LogP contribution in [0, 0.1) is 0 Å². The first-order chi connectivity index (χ1) is 13.8. The number of rotatable bonds is 5. The van der Waals surface area contributed by atoms with Crippen LogP contribution in [0.1, 0.15) is 21.9 Å². The summed E-state index contributed by atoms with van der Waals surface area (Å²) >= 11 is 13.4. The molecule has 4 rings (SSSR count). The Bertz CT molecular complexity index is 1140. The normalized spacial score (nSPS) is 18.1. The lowest BCUT2D eigenvalue weighted by Gasteiger charge is -2.27. The second-order valence-electron chi connectivity index (χ2n) is 6.86. The topological polar surface area (TPSA) is 67.6 Å². The molecule has 1 aromatic carbocycles. The van der Waals surface area contributed by atoms with E-state index < -0.39 is 9.84 Å². The van der Waals surface area contributed by atoms with Gasteiger partial charge in [0, 0.05) is 11.6 Å². The number of hydrogen-bond donors (Lipinski definition) is 0. The lowest BCUT2D eigenvalue weighted by molar-refractivity contribution is 0.0671. The third kappa shape index (κ3) is 4.53. The Hall–Kier alpha value is -1.80. The maximum atomic E-state index is 13.0. The minimum Gasteiger partial charge on any atom is -0.459 e. The molecule has 9 heteroatoms. The monoisotopic (exact) mass is 469 g/mol. The van der Waals surface area contributed by atoms with Crippen LogP contribution in [0.5, 0.6) is 0 Å². The molecule has 1 aliphatic heterocycles. The molecular weight excluding hydrogens is 453 g/mol. The molecule has 1 amide bonds. The number of furan rings is 1. The van der Waals surface area contributed by atoms with Crippen molar-refractivity contribution in [3.63, 3.8) is 0 Å². The van der Waals surface area contributed by atoms with Crippen molar-refractivity contribution < 1.29 is 17.6 Å². The maximum absolute atomic E-state index is 13.0. The molecule has 3 aromatic rings. The Balaban J connectivity index is 1.60. The summed E-state index contributed by atoms with van der Waals surface area (Å²) in [5.41, 5.74) is 0.769. The maximum Gasteiger partial charge on any atom is 0.264 e. The zero-order valence-corrected chi connectivity index (χ0v) is 18.3. The van der Waals surface area contributed by atoms with Crippen molar-refractivity contribution in [1.29, 1.82) is 0 Å². The van der Waals surface area contributed by atoms with Gasteiger partial charge in [0.15, 0.2) is 9.84 Å². The molecule has 2 aromatic heterocycles. The van der Waals surface area contributed by atoms with Gasteiger partial charge >= 0.3 is 0 Å². The first kappa shape index (κ1) is 20.5. The molecule has 0 aliphatic carbocycles.